The Morgan fingerprint density at radius 2 is 1.68 bits per heavy atom. The fourth-order valence-electron chi connectivity index (χ4n) is 4.90. The molecule has 6 nitrogen and oxygen atoms in total. The summed E-state index contributed by atoms with van der Waals surface area (Å²) < 4.78 is 1.11. The van der Waals surface area contributed by atoms with Crippen molar-refractivity contribution >= 4 is 33.4 Å². The number of benzene rings is 2. The lowest BCUT2D eigenvalue weighted by atomic mass is 10.0. The maximum atomic E-state index is 12.2. The maximum Gasteiger partial charge on any atom is 0.243 e. The number of carbonyl (C=O) groups is 2. The highest BCUT2D eigenvalue weighted by molar-refractivity contribution is 9.10. The number of hydrogen-bond acceptors (Lipinski definition) is 5. The van der Waals surface area contributed by atoms with E-state index < -0.39 is 0 Å². The van der Waals surface area contributed by atoms with Gasteiger partial charge in [0.2, 0.25) is 11.8 Å². The zero-order valence-corrected chi connectivity index (χ0v) is 19.1. The molecule has 0 aromatic heterocycles. The number of imide groups is 1. The maximum absolute atomic E-state index is 12.2. The van der Waals surface area contributed by atoms with E-state index in [0.29, 0.717) is 12.8 Å². The van der Waals surface area contributed by atoms with E-state index in [1.54, 1.807) is 0 Å². The van der Waals surface area contributed by atoms with Crippen molar-refractivity contribution in [2.45, 2.75) is 38.5 Å². The van der Waals surface area contributed by atoms with Gasteiger partial charge in [0.1, 0.15) is 0 Å². The molecular formula is C24H27BrN4O2. The van der Waals surface area contributed by atoms with Crippen molar-refractivity contribution in [1.29, 1.82) is 0 Å². The van der Waals surface area contributed by atoms with Crippen molar-refractivity contribution in [3.05, 3.63) is 63.6 Å². The molecule has 2 fully saturated rings. The molecule has 31 heavy (non-hydrogen) atoms. The lowest BCUT2D eigenvalue weighted by Gasteiger charge is -2.36. The van der Waals surface area contributed by atoms with E-state index in [4.69, 9.17) is 0 Å². The predicted molar refractivity (Wildman–Crippen MR) is 123 cm³/mol. The molecule has 1 unspecified atom stereocenters. The SMILES string of the molecule is O=C1CCC(N2Cc3ccc(CN4CCN(c5ccc(Br)cc5)CC4)cc3C2)C(=O)N1. The van der Waals surface area contributed by atoms with Crippen molar-refractivity contribution in [3.63, 3.8) is 0 Å². The summed E-state index contributed by atoms with van der Waals surface area (Å²) in [4.78, 5) is 30.8. The minimum atomic E-state index is -0.194. The van der Waals surface area contributed by atoms with Gasteiger partial charge in [-0.25, -0.2) is 0 Å². The summed E-state index contributed by atoms with van der Waals surface area (Å²) in [6.07, 6.45) is 1.05. The summed E-state index contributed by atoms with van der Waals surface area (Å²) in [5.74, 6) is -0.298. The zero-order valence-electron chi connectivity index (χ0n) is 17.5. The van der Waals surface area contributed by atoms with Crippen LogP contribution in [0, 0.1) is 0 Å². The number of halogens is 1. The van der Waals surface area contributed by atoms with Gasteiger partial charge in [-0.05, 0) is 47.4 Å². The quantitative estimate of drug-likeness (QED) is 0.678. The number of piperazine rings is 1. The summed E-state index contributed by atoms with van der Waals surface area (Å²) in [5.41, 5.74) is 5.24. The van der Waals surface area contributed by atoms with Crippen molar-refractivity contribution < 1.29 is 9.59 Å². The first-order chi connectivity index (χ1) is 15.0. The number of rotatable bonds is 4. The number of carbonyl (C=O) groups excluding carboxylic acids is 2. The molecule has 3 aliphatic rings. The van der Waals surface area contributed by atoms with Crippen LogP contribution >= 0.6 is 15.9 Å². The van der Waals surface area contributed by atoms with Gasteiger partial charge in [-0.15, -0.1) is 0 Å². The lowest BCUT2D eigenvalue weighted by Crippen LogP contribution is -2.50. The predicted octanol–water partition coefficient (Wildman–Crippen LogP) is 2.89. The molecule has 2 aromatic carbocycles. The van der Waals surface area contributed by atoms with Gasteiger partial charge >= 0.3 is 0 Å². The summed E-state index contributed by atoms with van der Waals surface area (Å²) in [7, 11) is 0. The van der Waals surface area contributed by atoms with E-state index in [9.17, 15) is 9.59 Å². The number of amides is 2. The molecule has 3 heterocycles. The van der Waals surface area contributed by atoms with E-state index in [-0.39, 0.29) is 17.9 Å². The highest BCUT2D eigenvalue weighted by atomic mass is 79.9. The Hall–Kier alpha value is -2.22. The summed E-state index contributed by atoms with van der Waals surface area (Å²) in [6, 6.07) is 15.1. The van der Waals surface area contributed by atoms with Gasteiger partial charge in [-0.1, -0.05) is 34.1 Å². The molecular weight excluding hydrogens is 456 g/mol. The molecule has 1 N–H and O–H groups in total. The van der Waals surface area contributed by atoms with E-state index in [0.717, 1.165) is 50.3 Å². The van der Waals surface area contributed by atoms with Gasteiger partial charge < -0.3 is 4.90 Å². The Kier molecular flexibility index (Phi) is 5.82. The van der Waals surface area contributed by atoms with Crippen LogP contribution in [0.5, 0.6) is 0 Å². The Bertz CT molecular complexity index is 986. The average Bonchev–Trinajstić information content (AvgIpc) is 3.18. The smallest absolute Gasteiger partial charge is 0.243 e. The standard InChI is InChI=1S/C24H27BrN4O2/c25-20-3-5-21(6-4-20)28-11-9-27(10-12-28)14-17-1-2-18-15-29(16-19(18)13-17)22-7-8-23(30)26-24(22)31/h1-6,13,22H,7-12,14-16H2,(H,26,30,31). The normalized spacial score (nSPS) is 22.5. The van der Waals surface area contributed by atoms with Crippen LogP contribution in [0.1, 0.15) is 29.5 Å². The Morgan fingerprint density at radius 1 is 0.935 bits per heavy atom. The third kappa shape index (κ3) is 4.54. The van der Waals surface area contributed by atoms with Gasteiger partial charge in [0, 0.05) is 62.4 Å². The molecule has 5 rings (SSSR count). The minimum Gasteiger partial charge on any atom is -0.369 e. The molecule has 2 amide bonds. The van der Waals surface area contributed by atoms with Crippen molar-refractivity contribution in [2.24, 2.45) is 0 Å². The third-order valence-corrected chi connectivity index (χ3v) is 7.17. The molecule has 7 heteroatoms. The molecule has 0 saturated carbocycles. The topological polar surface area (TPSA) is 55.9 Å². The molecule has 0 radical (unpaired) electrons. The second-order valence-electron chi connectivity index (χ2n) is 8.71. The monoisotopic (exact) mass is 482 g/mol. The number of hydrogen-bond donors (Lipinski definition) is 1. The van der Waals surface area contributed by atoms with Crippen LogP contribution in [-0.2, 0) is 29.2 Å². The van der Waals surface area contributed by atoms with Crippen LogP contribution in [0.15, 0.2) is 46.9 Å². The largest absolute Gasteiger partial charge is 0.369 e. The number of fused-ring (bicyclic) bond motifs is 1. The van der Waals surface area contributed by atoms with Crippen LogP contribution in [0.25, 0.3) is 0 Å². The van der Waals surface area contributed by atoms with Crippen LogP contribution < -0.4 is 10.2 Å². The van der Waals surface area contributed by atoms with E-state index in [1.165, 1.54) is 22.4 Å². The highest BCUT2D eigenvalue weighted by Gasteiger charge is 2.34. The van der Waals surface area contributed by atoms with E-state index >= 15 is 0 Å². The van der Waals surface area contributed by atoms with Gasteiger partial charge in [-0.2, -0.15) is 0 Å². The molecule has 1 atom stereocenters. The van der Waals surface area contributed by atoms with Crippen LogP contribution in [0.4, 0.5) is 5.69 Å². The van der Waals surface area contributed by atoms with Gasteiger partial charge in [0.25, 0.3) is 0 Å². The van der Waals surface area contributed by atoms with Crippen LogP contribution in [0.2, 0.25) is 0 Å². The summed E-state index contributed by atoms with van der Waals surface area (Å²) in [5, 5.41) is 2.48. The van der Waals surface area contributed by atoms with Gasteiger partial charge in [-0.3, -0.25) is 24.7 Å². The fourth-order valence-corrected chi connectivity index (χ4v) is 5.16. The summed E-state index contributed by atoms with van der Waals surface area (Å²) in [6.45, 7) is 6.71. The number of piperidine rings is 1. The van der Waals surface area contributed by atoms with E-state index in [2.05, 4.69) is 78.4 Å². The van der Waals surface area contributed by atoms with Crippen LogP contribution in [-0.4, -0.2) is 53.8 Å². The van der Waals surface area contributed by atoms with Gasteiger partial charge in [0.05, 0.1) is 6.04 Å². The molecule has 0 aliphatic carbocycles. The van der Waals surface area contributed by atoms with Gasteiger partial charge in [0.15, 0.2) is 0 Å². The molecule has 2 aromatic rings. The highest BCUT2D eigenvalue weighted by Crippen LogP contribution is 2.28. The third-order valence-electron chi connectivity index (χ3n) is 6.64. The molecule has 0 bridgehead atoms. The van der Waals surface area contributed by atoms with Crippen molar-refractivity contribution in [1.82, 2.24) is 15.1 Å². The average molecular weight is 483 g/mol. The van der Waals surface area contributed by atoms with Crippen molar-refractivity contribution in [3.8, 4) is 0 Å². The number of anilines is 1. The Labute approximate surface area is 191 Å². The molecule has 0 spiro atoms. The molecule has 2 saturated heterocycles. The first-order valence-electron chi connectivity index (χ1n) is 11.0. The lowest BCUT2D eigenvalue weighted by molar-refractivity contribution is -0.137. The first kappa shape index (κ1) is 20.7. The second kappa shape index (κ2) is 8.73. The fraction of sp³-hybridized carbons (Fsp3) is 0.417. The molecule has 3 aliphatic heterocycles. The minimum absolute atomic E-state index is 0.145. The van der Waals surface area contributed by atoms with Crippen molar-refractivity contribution in [2.75, 3.05) is 31.1 Å². The molecule has 162 valence electrons. The number of nitrogens with zero attached hydrogens (tertiary/aromatic N) is 3. The zero-order chi connectivity index (χ0) is 21.4. The van der Waals surface area contributed by atoms with E-state index in [1.807, 2.05) is 0 Å². The second-order valence-corrected chi connectivity index (χ2v) is 9.63. The Morgan fingerprint density at radius 3 is 2.42 bits per heavy atom. The first-order valence-corrected chi connectivity index (χ1v) is 11.8. The van der Waals surface area contributed by atoms with Crippen LogP contribution in [0.3, 0.4) is 0 Å². The number of nitrogens with one attached hydrogen (secondary N) is 1. The summed E-state index contributed by atoms with van der Waals surface area (Å²) >= 11 is 3.51. The Balaban J connectivity index is 1.17.